The van der Waals surface area contributed by atoms with E-state index in [-0.39, 0.29) is 0 Å². The largest absolute Gasteiger partial charge is 0.330 e. The molecule has 0 aliphatic heterocycles. The second kappa shape index (κ2) is 2.86. The summed E-state index contributed by atoms with van der Waals surface area (Å²) < 4.78 is 1.83. The summed E-state index contributed by atoms with van der Waals surface area (Å²) in [5.41, 5.74) is 6.35. The topological polar surface area (TPSA) is 69.1 Å². The molecule has 12 heavy (non-hydrogen) atoms. The molecule has 0 aromatic carbocycles. The van der Waals surface area contributed by atoms with Crippen LogP contribution in [0.2, 0.25) is 0 Å². The monoisotopic (exact) mass is 163 g/mol. The van der Waals surface area contributed by atoms with Crippen LogP contribution in [0.1, 0.15) is 5.69 Å². The molecule has 0 saturated carbocycles. The molecule has 0 aliphatic carbocycles. The number of nitrogens with zero attached hydrogens (tertiary/aromatic N) is 4. The van der Waals surface area contributed by atoms with Crippen molar-refractivity contribution < 1.29 is 0 Å². The van der Waals surface area contributed by atoms with Gasteiger partial charge in [0.15, 0.2) is 0 Å². The molecule has 0 fully saturated rings. The quantitative estimate of drug-likeness (QED) is 0.655. The molecule has 5 nitrogen and oxygen atoms in total. The van der Waals surface area contributed by atoms with Crippen molar-refractivity contribution in [2.24, 2.45) is 5.73 Å². The summed E-state index contributed by atoms with van der Waals surface area (Å²) in [5, 5.41) is 7.57. The maximum absolute atomic E-state index is 5.40. The Hall–Kier alpha value is -1.49. The Morgan fingerprint density at radius 2 is 2.42 bits per heavy atom. The van der Waals surface area contributed by atoms with Gasteiger partial charge in [-0.3, -0.25) is 4.40 Å². The third-order valence-corrected chi connectivity index (χ3v) is 1.60. The van der Waals surface area contributed by atoms with E-state index in [1.807, 2.05) is 16.8 Å². The van der Waals surface area contributed by atoms with Gasteiger partial charge in [0, 0.05) is 18.8 Å². The molecular formula is C7H9N5. The molecule has 0 spiro atoms. The summed E-state index contributed by atoms with van der Waals surface area (Å²) in [6, 6.07) is 0. The van der Waals surface area contributed by atoms with Gasteiger partial charge < -0.3 is 5.73 Å². The highest BCUT2D eigenvalue weighted by Crippen LogP contribution is 1.99. The highest BCUT2D eigenvalue weighted by atomic mass is 15.2. The zero-order valence-corrected chi connectivity index (χ0v) is 6.51. The summed E-state index contributed by atoms with van der Waals surface area (Å²) in [6.07, 6.45) is 6.14. The van der Waals surface area contributed by atoms with Crippen LogP contribution >= 0.6 is 0 Å². The molecule has 0 atom stereocenters. The molecule has 62 valence electrons. The smallest absolute Gasteiger partial charge is 0.253 e. The van der Waals surface area contributed by atoms with Crippen LogP contribution in [0.5, 0.6) is 0 Å². The van der Waals surface area contributed by atoms with Crippen LogP contribution in [-0.4, -0.2) is 26.1 Å². The van der Waals surface area contributed by atoms with E-state index in [0.717, 1.165) is 12.1 Å². The minimum atomic E-state index is 0.608. The van der Waals surface area contributed by atoms with E-state index in [2.05, 4.69) is 15.2 Å². The van der Waals surface area contributed by atoms with Crippen molar-refractivity contribution in [2.75, 3.05) is 6.54 Å². The van der Waals surface area contributed by atoms with Crippen molar-refractivity contribution in [1.29, 1.82) is 0 Å². The molecule has 2 rings (SSSR count). The van der Waals surface area contributed by atoms with Crippen LogP contribution in [0.4, 0.5) is 0 Å². The van der Waals surface area contributed by atoms with E-state index in [4.69, 9.17) is 5.73 Å². The van der Waals surface area contributed by atoms with Crippen LogP contribution in [-0.2, 0) is 6.42 Å². The molecule has 2 aromatic rings. The standard InChI is InChI=1S/C7H9N5/c8-2-1-6-5-12-4-3-9-11-7(12)10-6/h3-5H,1-2,8H2. The lowest BCUT2D eigenvalue weighted by molar-refractivity contribution is 0.934. The van der Waals surface area contributed by atoms with Gasteiger partial charge in [0.25, 0.3) is 5.78 Å². The highest BCUT2D eigenvalue weighted by Gasteiger charge is 1.99. The predicted octanol–water partition coefficient (Wildman–Crippen LogP) is -0.375. The van der Waals surface area contributed by atoms with Crippen molar-refractivity contribution in [3.8, 4) is 0 Å². The first-order valence-corrected chi connectivity index (χ1v) is 3.75. The predicted molar refractivity (Wildman–Crippen MR) is 43.5 cm³/mol. The molecular weight excluding hydrogens is 154 g/mol. The maximum Gasteiger partial charge on any atom is 0.253 e. The SMILES string of the molecule is NCCc1cn2ccnnc2n1. The lowest BCUT2D eigenvalue weighted by atomic mass is 10.3. The maximum atomic E-state index is 5.40. The Balaban J connectivity index is 2.47. The Morgan fingerprint density at radius 1 is 1.50 bits per heavy atom. The lowest BCUT2D eigenvalue weighted by Crippen LogP contribution is -2.02. The lowest BCUT2D eigenvalue weighted by Gasteiger charge is -1.85. The summed E-state index contributed by atoms with van der Waals surface area (Å²) in [4.78, 5) is 4.21. The van der Waals surface area contributed by atoms with Crippen LogP contribution in [0.3, 0.4) is 0 Å². The number of aromatic nitrogens is 4. The molecule has 0 aliphatic rings. The number of hydrogen-bond acceptors (Lipinski definition) is 4. The molecule has 5 heteroatoms. The van der Waals surface area contributed by atoms with Crippen LogP contribution in [0, 0.1) is 0 Å². The van der Waals surface area contributed by atoms with Crippen molar-refractivity contribution in [3.63, 3.8) is 0 Å². The molecule has 2 heterocycles. The summed E-state index contributed by atoms with van der Waals surface area (Å²) in [5.74, 6) is 0.626. The first-order valence-electron chi connectivity index (χ1n) is 3.75. The second-order valence-electron chi connectivity index (χ2n) is 2.49. The molecule has 0 radical (unpaired) electrons. The van der Waals surface area contributed by atoms with Gasteiger partial charge in [0.05, 0.1) is 11.9 Å². The number of hydrogen-bond donors (Lipinski definition) is 1. The Kier molecular flexibility index (Phi) is 1.71. The molecule has 0 saturated heterocycles. The van der Waals surface area contributed by atoms with E-state index in [1.165, 1.54) is 0 Å². The van der Waals surface area contributed by atoms with E-state index in [0.29, 0.717) is 12.3 Å². The van der Waals surface area contributed by atoms with Crippen LogP contribution in [0.15, 0.2) is 18.6 Å². The van der Waals surface area contributed by atoms with Gasteiger partial charge in [-0.25, -0.2) is 4.98 Å². The first-order chi connectivity index (χ1) is 5.90. The van der Waals surface area contributed by atoms with Crippen LogP contribution < -0.4 is 5.73 Å². The van der Waals surface area contributed by atoms with Gasteiger partial charge in [0.1, 0.15) is 0 Å². The zero-order chi connectivity index (χ0) is 8.39. The van der Waals surface area contributed by atoms with Gasteiger partial charge >= 0.3 is 0 Å². The van der Waals surface area contributed by atoms with Gasteiger partial charge in [0.2, 0.25) is 0 Å². The normalized spacial score (nSPS) is 10.8. The van der Waals surface area contributed by atoms with Crippen LogP contribution in [0.25, 0.3) is 5.78 Å². The zero-order valence-electron chi connectivity index (χ0n) is 6.51. The van der Waals surface area contributed by atoms with E-state index in [9.17, 15) is 0 Å². The van der Waals surface area contributed by atoms with E-state index in [1.54, 1.807) is 6.20 Å². The molecule has 0 unspecified atom stereocenters. The number of imidazole rings is 1. The Bertz CT molecular complexity index is 347. The summed E-state index contributed by atoms with van der Waals surface area (Å²) in [7, 11) is 0. The molecule has 2 aromatic heterocycles. The van der Waals surface area contributed by atoms with E-state index >= 15 is 0 Å². The minimum absolute atomic E-state index is 0.608. The van der Waals surface area contributed by atoms with Gasteiger partial charge in [-0.05, 0) is 6.54 Å². The highest BCUT2D eigenvalue weighted by molar-refractivity contribution is 5.27. The van der Waals surface area contributed by atoms with Gasteiger partial charge in [-0.1, -0.05) is 0 Å². The third kappa shape index (κ3) is 1.14. The molecule has 0 bridgehead atoms. The van der Waals surface area contributed by atoms with Crippen molar-refractivity contribution >= 4 is 5.78 Å². The Labute approximate surface area is 69.2 Å². The summed E-state index contributed by atoms with van der Waals surface area (Å²) in [6.45, 7) is 0.608. The molecule has 2 N–H and O–H groups in total. The number of fused-ring (bicyclic) bond motifs is 1. The number of nitrogens with two attached hydrogens (primary N) is 1. The first kappa shape index (κ1) is 7.17. The van der Waals surface area contributed by atoms with Gasteiger partial charge in [-0.2, -0.15) is 5.10 Å². The fraction of sp³-hybridized carbons (Fsp3) is 0.286. The second-order valence-corrected chi connectivity index (χ2v) is 2.49. The fourth-order valence-electron chi connectivity index (χ4n) is 1.07. The van der Waals surface area contributed by atoms with Crippen molar-refractivity contribution in [1.82, 2.24) is 19.6 Å². The van der Waals surface area contributed by atoms with Crippen molar-refractivity contribution in [3.05, 3.63) is 24.3 Å². The number of rotatable bonds is 2. The third-order valence-electron chi connectivity index (χ3n) is 1.60. The average Bonchev–Trinajstić information content (AvgIpc) is 2.47. The Morgan fingerprint density at radius 3 is 3.17 bits per heavy atom. The van der Waals surface area contributed by atoms with Crippen molar-refractivity contribution in [2.45, 2.75) is 6.42 Å². The molecule has 0 amide bonds. The summed E-state index contributed by atoms with van der Waals surface area (Å²) >= 11 is 0. The van der Waals surface area contributed by atoms with E-state index < -0.39 is 0 Å². The minimum Gasteiger partial charge on any atom is -0.330 e. The fourth-order valence-corrected chi connectivity index (χ4v) is 1.07. The average molecular weight is 163 g/mol. The van der Waals surface area contributed by atoms with Gasteiger partial charge in [-0.15, -0.1) is 5.10 Å².